The van der Waals surface area contributed by atoms with Crippen molar-refractivity contribution in [2.45, 2.75) is 0 Å². The molecule has 4 heteroatoms. The van der Waals surface area contributed by atoms with E-state index in [9.17, 15) is 0 Å². The standard InChI is InChI=1S/Al.Ca.Nd.Yb.4H/q;+2;;;;;2*-1. The molecule has 0 atom stereocenters. The van der Waals surface area contributed by atoms with E-state index < -0.39 is 0 Å². The topological polar surface area (TPSA) is 0 Å². The van der Waals surface area contributed by atoms with E-state index in [0.717, 1.165) is 0 Å². The van der Waals surface area contributed by atoms with Crippen molar-refractivity contribution in [1.82, 2.24) is 0 Å². The largest absolute Gasteiger partial charge is 2.00 e. The molecule has 0 N–H and O–H groups in total. The first-order valence-electron chi connectivity index (χ1n) is 0. The Bertz CT molecular complexity index is 13.5. The third-order valence-corrected chi connectivity index (χ3v) is 0. The second-order valence-corrected chi connectivity index (χ2v) is 0. The van der Waals surface area contributed by atoms with Gasteiger partial charge in [0.05, 0.1) is 0 Å². The Kier molecular flexibility index (Phi) is 91.5. The maximum absolute atomic E-state index is 0. The molecule has 0 aliphatic heterocycles. The van der Waals surface area contributed by atoms with Crippen LogP contribution in [0.25, 0.3) is 0 Å². The van der Waals surface area contributed by atoms with Crippen LogP contribution in [0.4, 0.5) is 0 Å². The Balaban J connectivity index is 0. The summed E-state index contributed by atoms with van der Waals surface area (Å²) in [5, 5.41) is 0. The van der Waals surface area contributed by atoms with Gasteiger partial charge in [0.15, 0.2) is 0 Å². The zero-order valence-electron chi connectivity index (χ0n) is 4.47. The summed E-state index contributed by atoms with van der Waals surface area (Å²) in [6.45, 7) is 0. The van der Waals surface area contributed by atoms with Gasteiger partial charge in [-0.3, -0.25) is 0 Å². The second kappa shape index (κ2) is 15.6. The molecular weight excluding hydrogens is 384 g/mol. The molecule has 27 valence electrons. The third-order valence-electron chi connectivity index (χ3n) is 0. The average molecular weight is 388 g/mol. The summed E-state index contributed by atoms with van der Waals surface area (Å²) in [7, 11) is 0. The Labute approximate surface area is 141 Å². The molecule has 0 aromatic rings. The predicted molar refractivity (Wildman–Crippen MR) is 16.5 cm³/mol. The smallest absolute Gasteiger partial charge is 1.00 e. The fraction of sp³-hybridized carbons (Fsp3) is 0. The quantitative estimate of drug-likeness (QED) is 0.464. The fourth-order valence-corrected chi connectivity index (χ4v) is 0. The molecule has 0 unspecified atom stereocenters. The molecule has 0 fully saturated rings. The van der Waals surface area contributed by atoms with E-state index in [1.165, 1.54) is 0 Å². The molecule has 0 heterocycles. The normalized spacial score (nSPS) is 0. The summed E-state index contributed by atoms with van der Waals surface area (Å²) in [6, 6.07) is 0. The summed E-state index contributed by atoms with van der Waals surface area (Å²) in [5.41, 5.74) is 0. The van der Waals surface area contributed by atoms with Crippen molar-refractivity contribution in [1.29, 1.82) is 0 Å². The van der Waals surface area contributed by atoms with E-state index in [1.54, 1.807) is 0 Å². The van der Waals surface area contributed by atoms with E-state index in [1.807, 2.05) is 0 Å². The molecular formula is H4AlCaNdYb. The average Bonchev–Trinajstić information content (AvgIpc) is 0. The van der Waals surface area contributed by atoms with Gasteiger partial charge in [0, 0.05) is 87.8 Å². The van der Waals surface area contributed by atoms with Crippen LogP contribution >= 0.6 is 0 Å². The van der Waals surface area contributed by atoms with Gasteiger partial charge in [-0.05, 0) is 0 Å². The van der Waals surface area contributed by atoms with Crippen LogP contribution in [0.3, 0.4) is 0 Å². The zero-order chi connectivity index (χ0) is 0. The van der Waals surface area contributed by atoms with Gasteiger partial charge in [0.25, 0.3) is 0 Å². The Morgan fingerprint density at radius 2 is 1.25 bits per heavy atom. The fourth-order valence-electron chi connectivity index (χ4n) is 0. The van der Waals surface area contributed by atoms with Crippen LogP contribution in [0.1, 0.15) is 2.85 Å². The van der Waals surface area contributed by atoms with E-state index in [4.69, 9.17) is 0 Å². The van der Waals surface area contributed by atoms with Gasteiger partial charge in [-0.15, -0.1) is 0 Å². The van der Waals surface area contributed by atoms with Crippen LogP contribution in [0.5, 0.6) is 0 Å². The van der Waals surface area contributed by atoms with Crippen molar-refractivity contribution < 1.29 is 90.6 Å². The second-order valence-electron chi connectivity index (χ2n) is 0. The molecule has 0 aromatic heterocycles. The monoisotopic (exact) mass is 387 g/mol. The maximum atomic E-state index is 0. The summed E-state index contributed by atoms with van der Waals surface area (Å²) >= 11 is 0. The maximum Gasteiger partial charge on any atom is 2.00 e. The molecule has 1 radical (unpaired) electrons. The molecule has 0 amide bonds. The van der Waals surface area contributed by atoms with Crippen LogP contribution in [-0.2, 0) is 0 Å². The van der Waals surface area contributed by atoms with Crippen LogP contribution in [-0.4, -0.2) is 55.1 Å². The third kappa shape index (κ3) is 9.83. The molecule has 0 bridgehead atoms. The minimum absolute atomic E-state index is 0. The molecule has 0 spiro atoms. The summed E-state index contributed by atoms with van der Waals surface area (Å²) in [5.74, 6) is 0. The van der Waals surface area contributed by atoms with Crippen molar-refractivity contribution in [3.63, 3.8) is 0 Å². The Morgan fingerprint density at radius 3 is 1.25 bits per heavy atom. The molecule has 0 aromatic carbocycles. The van der Waals surface area contributed by atoms with E-state index >= 15 is 0 Å². The molecule has 0 saturated carbocycles. The molecule has 4 heavy (non-hydrogen) atoms. The minimum Gasteiger partial charge on any atom is -1.00 e. The number of rotatable bonds is 0. The minimum atomic E-state index is 0. The summed E-state index contributed by atoms with van der Waals surface area (Å²) < 4.78 is 0. The van der Waals surface area contributed by atoms with Crippen molar-refractivity contribution in [3.8, 4) is 0 Å². The van der Waals surface area contributed by atoms with Crippen molar-refractivity contribution >= 4 is 55.1 Å². The van der Waals surface area contributed by atoms with Crippen molar-refractivity contribution in [3.05, 3.63) is 0 Å². The van der Waals surface area contributed by atoms with Gasteiger partial charge in [-0.1, -0.05) is 0 Å². The van der Waals surface area contributed by atoms with Crippen LogP contribution < -0.4 is 0 Å². The first-order chi connectivity index (χ1) is 0. The Hall–Kier alpha value is 4.66. The number of hydrogen-bond acceptors (Lipinski definition) is 0. The molecule has 0 nitrogen and oxygen atoms in total. The first kappa shape index (κ1) is 23.4. The van der Waals surface area contributed by atoms with E-state index in [2.05, 4.69) is 0 Å². The molecule has 0 aliphatic rings. The number of hydrogen-bond donors (Lipinski definition) is 0. The summed E-state index contributed by atoms with van der Waals surface area (Å²) in [4.78, 5) is 0. The van der Waals surface area contributed by atoms with Crippen LogP contribution in [0.2, 0.25) is 0 Å². The van der Waals surface area contributed by atoms with Gasteiger partial charge in [0.2, 0.25) is 0 Å². The Morgan fingerprint density at radius 1 is 1.25 bits per heavy atom. The van der Waals surface area contributed by atoms with E-state index in [0.29, 0.717) is 0 Å². The van der Waals surface area contributed by atoms with E-state index in [-0.39, 0.29) is 146 Å². The predicted octanol–water partition coefficient (Wildman–Crippen LogP) is -1.07. The molecule has 0 saturated heterocycles. The van der Waals surface area contributed by atoms with Gasteiger partial charge in [0.1, 0.15) is 17.4 Å². The van der Waals surface area contributed by atoms with Gasteiger partial charge in [-0.2, -0.15) is 0 Å². The van der Waals surface area contributed by atoms with Crippen molar-refractivity contribution in [2.24, 2.45) is 0 Å². The molecule has 0 aliphatic carbocycles. The first-order valence-corrected chi connectivity index (χ1v) is 0. The SMILES string of the molecule is [AlH2].[Ca+2].[H-].[H-].[Nd].[Yb]. The van der Waals surface area contributed by atoms with Crippen LogP contribution in [0.15, 0.2) is 0 Å². The van der Waals surface area contributed by atoms with Gasteiger partial charge < -0.3 is 2.85 Å². The zero-order valence-corrected chi connectivity index (χ0v) is 11.6. The van der Waals surface area contributed by atoms with Crippen molar-refractivity contribution in [2.75, 3.05) is 0 Å². The van der Waals surface area contributed by atoms with Gasteiger partial charge in [-0.25, -0.2) is 0 Å². The summed E-state index contributed by atoms with van der Waals surface area (Å²) in [6.07, 6.45) is 0. The van der Waals surface area contributed by atoms with Gasteiger partial charge >= 0.3 is 37.7 Å². The molecule has 0 rings (SSSR count). The van der Waals surface area contributed by atoms with Crippen LogP contribution in [0, 0.1) is 87.8 Å².